The molecular formula is C17H16O2S. The van der Waals surface area contributed by atoms with Crippen molar-refractivity contribution in [3.05, 3.63) is 54.1 Å². The third-order valence-corrected chi connectivity index (χ3v) is 4.40. The topological polar surface area (TPSA) is 29.5 Å². The van der Waals surface area contributed by atoms with Gasteiger partial charge in [0.2, 0.25) is 0 Å². The van der Waals surface area contributed by atoms with Gasteiger partial charge in [0.1, 0.15) is 5.75 Å². The smallest absolute Gasteiger partial charge is 0.119 e. The summed E-state index contributed by atoms with van der Waals surface area (Å²) < 4.78 is 6.82. The maximum atomic E-state index is 9.54. The highest BCUT2D eigenvalue weighted by Gasteiger charge is 2.10. The van der Waals surface area contributed by atoms with E-state index in [-0.39, 0.29) is 6.61 Å². The molecule has 0 saturated heterocycles. The summed E-state index contributed by atoms with van der Waals surface area (Å²) in [6.07, 6.45) is 0. The van der Waals surface area contributed by atoms with E-state index < -0.39 is 0 Å². The molecular weight excluding hydrogens is 268 g/mol. The average Bonchev–Trinajstić information content (AvgIpc) is 2.91. The van der Waals surface area contributed by atoms with Gasteiger partial charge in [0.05, 0.1) is 13.2 Å². The Bertz CT molecular complexity index is 698. The number of hydrogen-bond donors (Lipinski definition) is 1. The number of aliphatic hydroxyl groups is 1. The van der Waals surface area contributed by atoms with Crippen LogP contribution >= 0.6 is 11.3 Å². The van der Waals surface area contributed by atoms with Crippen molar-refractivity contribution in [1.82, 2.24) is 0 Å². The van der Waals surface area contributed by atoms with Gasteiger partial charge in [-0.2, -0.15) is 0 Å². The second-order valence-corrected chi connectivity index (χ2v) is 5.64. The van der Waals surface area contributed by atoms with Gasteiger partial charge in [-0.05, 0) is 42.1 Å². The van der Waals surface area contributed by atoms with Crippen molar-refractivity contribution in [2.24, 2.45) is 0 Å². The van der Waals surface area contributed by atoms with E-state index in [0.29, 0.717) is 6.61 Å². The van der Waals surface area contributed by atoms with Crippen LogP contribution in [0.4, 0.5) is 0 Å². The van der Waals surface area contributed by atoms with Gasteiger partial charge in [0, 0.05) is 15.1 Å². The molecule has 0 aliphatic carbocycles. The molecule has 1 heterocycles. The summed E-state index contributed by atoms with van der Waals surface area (Å²) in [5.74, 6) is 0.845. The Hall–Kier alpha value is -1.84. The monoisotopic (exact) mass is 284 g/mol. The molecule has 2 aromatic carbocycles. The Morgan fingerprint density at radius 3 is 2.70 bits per heavy atom. The van der Waals surface area contributed by atoms with Gasteiger partial charge in [-0.25, -0.2) is 0 Å². The fourth-order valence-electron chi connectivity index (χ4n) is 2.29. The van der Waals surface area contributed by atoms with Crippen molar-refractivity contribution in [2.45, 2.75) is 13.5 Å². The number of benzene rings is 2. The van der Waals surface area contributed by atoms with Crippen LogP contribution in [0.2, 0.25) is 0 Å². The lowest BCUT2D eigenvalue weighted by atomic mass is 10.1. The molecule has 3 heteroatoms. The minimum atomic E-state index is 0.0377. The lowest BCUT2D eigenvalue weighted by molar-refractivity contribution is 0.282. The molecule has 0 amide bonds. The first-order valence-corrected chi connectivity index (χ1v) is 7.49. The van der Waals surface area contributed by atoms with Crippen molar-refractivity contribution in [1.29, 1.82) is 0 Å². The van der Waals surface area contributed by atoms with Crippen LogP contribution in [0.25, 0.3) is 20.5 Å². The summed E-state index contributed by atoms with van der Waals surface area (Å²) >= 11 is 1.74. The van der Waals surface area contributed by atoms with Gasteiger partial charge < -0.3 is 9.84 Å². The van der Waals surface area contributed by atoms with Crippen molar-refractivity contribution in [2.75, 3.05) is 6.61 Å². The zero-order valence-corrected chi connectivity index (χ0v) is 12.1. The molecule has 0 saturated carbocycles. The Morgan fingerprint density at radius 1 is 1.10 bits per heavy atom. The highest BCUT2D eigenvalue weighted by Crippen LogP contribution is 2.36. The Morgan fingerprint density at radius 2 is 1.95 bits per heavy atom. The minimum absolute atomic E-state index is 0.0377. The Kier molecular flexibility index (Phi) is 3.72. The first-order chi connectivity index (χ1) is 9.81. The second kappa shape index (κ2) is 5.65. The largest absolute Gasteiger partial charge is 0.494 e. The highest BCUT2D eigenvalue weighted by molar-refractivity contribution is 7.22. The van der Waals surface area contributed by atoms with Crippen molar-refractivity contribution < 1.29 is 9.84 Å². The molecule has 20 heavy (non-hydrogen) atoms. The van der Waals surface area contributed by atoms with Crippen molar-refractivity contribution in [3.8, 4) is 16.2 Å². The summed E-state index contributed by atoms with van der Waals surface area (Å²) in [5, 5.41) is 10.8. The zero-order chi connectivity index (χ0) is 13.9. The quantitative estimate of drug-likeness (QED) is 0.766. The number of ether oxygens (including phenoxy) is 1. The average molecular weight is 284 g/mol. The number of aliphatic hydroxyl groups excluding tert-OH is 1. The molecule has 0 unspecified atom stereocenters. The highest BCUT2D eigenvalue weighted by atomic mass is 32.1. The van der Waals surface area contributed by atoms with E-state index in [9.17, 15) is 5.11 Å². The van der Waals surface area contributed by atoms with Gasteiger partial charge in [0.25, 0.3) is 0 Å². The normalized spacial score (nSPS) is 10.9. The van der Waals surface area contributed by atoms with Crippen LogP contribution in [-0.2, 0) is 6.61 Å². The van der Waals surface area contributed by atoms with E-state index in [1.807, 2.05) is 37.3 Å². The van der Waals surface area contributed by atoms with E-state index in [2.05, 4.69) is 18.2 Å². The molecule has 0 radical (unpaired) electrons. The maximum Gasteiger partial charge on any atom is 0.119 e. The second-order valence-electron chi connectivity index (χ2n) is 4.56. The molecule has 1 aromatic heterocycles. The van der Waals surface area contributed by atoms with Gasteiger partial charge in [-0.1, -0.05) is 24.3 Å². The fourth-order valence-corrected chi connectivity index (χ4v) is 3.41. The summed E-state index contributed by atoms with van der Waals surface area (Å²) in [7, 11) is 0. The number of rotatable bonds is 4. The van der Waals surface area contributed by atoms with Crippen molar-refractivity contribution in [3.63, 3.8) is 0 Å². The molecule has 0 atom stereocenters. The lowest BCUT2D eigenvalue weighted by Gasteiger charge is -2.09. The predicted molar refractivity (Wildman–Crippen MR) is 84.4 cm³/mol. The van der Waals surface area contributed by atoms with Crippen LogP contribution < -0.4 is 4.74 Å². The van der Waals surface area contributed by atoms with Crippen LogP contribution in [0, 0.1) is 0 Å². The third kappa shape index (κ3) is 2.42. The van der Waals surface area contributed by atoms with E-state index in [1.165, 1.54) is 10.1 Å². The summed E-state index contributed by atoms with van der Waals surface area (Å²) in [4.78, 5) is 1.16. The minimum Gasteiger partial charge on any atom is -0.494 e. The summed E-state index contributed by atoms with van der Waals surface area (Å²) in [6, 6.07) is 16.4. The van der Waals surface area contributed by atoms with Gasteiger partial charge in [0.15, 0.2) is 0 Å². The van der Waals surface area contributed by atoms with E-state index >= 15 is 0 Å². The molecule has 0 aliphatic heterocycles. The lowest BCUT2D eigenvalue weighted by Crippen LogP contribution is -1.94. The first-order valence-electron chi connectivity index (χ1n) is 6.67. The Balaban J connectivity index is 2.13. The fraction of sp³-hybridized carbons (Fsp3) is 0.176. The number of hydrogen-bond acceptors (Lipinski definition) is 3. The Labute approximate surface area is 122 Å². The zero-order valence-electron chi connectivity index (χ0n) is 11.3. The van der Waals surface area contributed by atoms with Crippen LogP contribution in [0.1, 0.15) is 12.5 Å². The van der Waals surface area contributed by atoms with Crippen LogP contribution in [0.5, 0.6) is 5.75 Å². The predicted octanol–water partition coefficient (Wildman–Crippen LogP) is 4.46. The first kappa shape index (κ1) is 13.2. The van der Waals surface area contributed by atoms with Gasteiger partial charge in [-0.3, -0.25) is 0 Å². The molecule has 1 N–H and O–H groups in total. The van der Waals surface area contributed by atoms with E-state index in [0.717, 1.165) is 21.8 Å². The summed E-state index contributed by atoms with van der Waals surface area (Å²) in [5.41, 5.74) is 1.99. The van der Waals surface area contributed by atoms with E-state index in [1.54, 1.807) is 11.3 Å². The molecule has 102 valence electrons. The van der Waals surface area contributed by atoms with Gasteiger partial charge in [-0.15, -0.1) is 11.3 Å². The van der Waals surface area contributed by atoms with Gasteiger partial charge >= 0.3 is 0 Å². The molecule has 2 nitrogen and oxygen atoms in total. The SMILES string of the molecule is CCOc1ccc(CO)c(-c2cc3ccccc3s2)c1. The van der Waals surface area contributed by atoms with Crippen LogP contribution in [0.3, 0.4) is 0 Å². The number of fused-ring (bicyclic) bond motifs is 1. The standard InChI is InChI=1S/C17H16O2S/c1-2-19-14-8-7-13(11-18)15(10-14)17-9-12-5-3-4-6-16(12)20-17/h3-10,18H,2,11H2,1H3. The molecule has 3 aromatic rings. The molecule has 0 fully saturated rings. The van der Waals surface area contributed by atoms with Crippen LogP contribution in [-0.4, -0.2) is 11.7 Å². The van der Waals surface area contributed by atoms with E-state index in [4.69, 9.17) is 4.74 Å². The molecule has 0 aliphatic rings. The van der Waals surface area contributed by atoms with Crippen LogP contribution in [0.15, 0.2) is 48.5 Å². The molecule has 3 rings (SSSR count). The third-order valence-electron chi connectivity index (χ3n) is 3.25. The summed E-state index contributed by atoms with van der Waals surface area (Å²) in [6.45, 7) is 2.65. The molecule has 0 spiro atoms. The molecule has 0 bridgehead atoms. The maximum absolute atomic E-state index is 9.54. The van der Waals surface area contributed by atoms with Crippen molar-refractivity contribution >= 4 is 21.4 Å². The number of thiophene rings is 1.